The van der Waals surface area contributed by atoms with Crippen LogP contribution in [0.5, 0.6) is 5.75 Å². The van der Waals surface area contributed by atoms with Gasteiger partial charge in [-0.3, -0.25) is 0 Å². The molecule has 0 unspecified atom stereocenters. The minimum Gasteiger partial charge on any atom is -0.497 e. The average molecular weight is 267 g/mol. The van der Waals surface area contributed by atoms with Gasteiger partial charge in [0.25, 0.3) is 0 Å². The van der Waals surface area contributed by atoms with E-state index in [1.54, 1.807) is 7.11 Å². The maximum atomic E-state index is 5.75. The predicted octanol–water partition coefficient (Wildman–Crippen LogP) is 4.62. The monoisotopic (exact) mass is 267 g/mol. The number of allylic oxidation sites excluding steroid dienone is 1. The standard InChI is InChI=1S/C18H21NO/c1-3-4-16(15-7-9-17(19)10-8-15)13-14-5-11-18(20-2)12-6-14/h5-13H,3-4,19H2,1-2H3/b16-13+. The molecule has 0 aliphatic rings. The van der Waals surface area contributed by atoms with Crippen molar-refractivity contribution < 1.29 is 4.74 Å². The van der Waals surface area contributed by atoms with Crippen LogP contribution in [0.4, 0.5) is 5.69 Å². The van der Waals surface area contributed by atoms with Gasteiger partial charge in [-0.25, -0.2) is 0 Å². The van der Waals surface area contributed by atoms with E-state index in [0.717, 1.165) is 24.3 Å². The second kappa shape index (κ2) is 6.80. The van der Waals surface area contributed by atoms with Gasteiger partial charge >= 0.3 is 0 Å². The summed E-state index contributed by atoms with van der Waals surface area (Å²) in [7, 11) is 1.68. The number of ether oxygens (including phenoxy) is 1. The molecule has 0 saturated heterocycles. The number of benzene rings is 2. The fourth-order valence-corrected chi connectivity index (χ4v) is 2.17. The number of hydrogen-bond acceptors (Lipinski definition) is 2. The first-order valence-electron chi connectivity index (χ1n) is 6.93. The first kappa shape index (κ1) is 14.2. The molecule has 2 aromatic carbocycles. The van der Waals surface area contributed by atoms with Crippen molar-refractivity contribution in [2.24, 2.45) is 0 Å². The maximum Gasteiger partial charge on any atom is 0.118 e. The number of nitrogen functional groups attached to an aromatic ring is 1. The lowest BCUT2D eigenvalue weighted by Gasteiger charge is -2.08. The number of nitrogens with two attached hydrogens (primary N) is 1. The summed E-state index contributed by atoms with van der Waals surface area (Å²) in [5.41, 5.74) is 10.3. The second-order valence-corrected chi connectivity index (χ2v) is 4.81. The van der Waals surface area contributed by atoms with Crippen LogP contribution in [0, 0.1) is 0 Å². The van der Waals surface area contributed by atoms with E-state index in [0.29, 0.717) is 0 Å². The third kappa shape index (κ3) is 3.64. The summed E-state index contributed by atoms with van der Waals surface area (Å²) in [5, 5.41) is 0. The molecule has 2 aromatic rings. The number of methoxy groups -OCH3 is 1. The quantitative estimate of drug-likeness (QED) is 0.634. The zero-order chi connectivity index (χ0) is 14.4. The fraction of sp³-hybridized carbons (Fsp3) is 0.222. The molecule has 0 heterocycles. The highest BCUT2D eigenvalue weighted by Crippen LogP contribution is 2.24. The highest BCUT2D eigenvalue weighted by atomic mass is 16.5. The summed E-state index contributed by atoms with van der Waals surface area (Å²) in [4.78, 5) is 0. The van der Waals surface area contributed by atoms with Crippen molar-refractivity contribution in [3.05, 3.63) is 59.7 Å². The molecular formula is C18H21NO. The summed E-state index contributed by atoms with van der Waals surface area (Å²) >= 11 is 0. The van der Waals surface area contributed by atoms with E-state index >= 15 is 0 Å². The van der Waals surface area contributed by atoms with Crippen molar-refractivity contribution in [1.82, 2.24) is 0 Å². The third-order valence-corrected chi connectivity index (χ3v) is 3.26. The minimum atomic E-state index is 0.800. The molecule has 0 saturated carbocycles. The van der Waals surface area contributed by atoms with E-state index in [1.165, 1.54) is 16.7 Å². The molecule has 0 atom stereocenters. The Balaban J connectivity index is 2.30. The maximum absolute atomic E-state index is 5.75. The van der Waals surface area contributed by atoms with Gasteiger partial charge in [0.15, 0.2) is 0 Å². The van der Waals surface area contributed by atoms with Crippen LogP contribution in [0.25, 0.3) is 11.6 Å². The Morgan fingerprint density at radius 2 is 1.70 bits per heavy atom. The van der Waals surface area contributed by atoms with Crippen molar-refractivity contribution in [3.63, 3.8) is 0 Å². The Labute approximate surface area is 120 Å². The molecule has 104 valence electrons. The Bertz CT molecular complexity index is 567. The third-order valence-electron chi connectivity index (χ3n) is 3.26. The molecule has 0 radical (unpaired) electrons. The molecule has 0 amide bonds. The van der Waals surface area contributed by atoms with Crippen molar-refractivity contribution in [2.45, 2.75) is 19.8 Å². The second-order valence-electron chi connectivity index (χ2n) is 4.81. The van der Waals surface area contributed by atoms with E-state index in [2.05, 4.69) is 37.3 Å². The van der Waals surface area contributed by atoms with Gasteiger partial charge in [-0.15, -0.1) is 0 Å². The van der Waals surface area contributed by atoms with Crippen molar-refractivity contribution in [3.8, 4) is 5.75 Å². The van der Waals surface area contributed by atoms with Crippen LogP contribution in [0.2, 0.25) is 0 Å². The molecule has 2 nitrogen and oxygen atoms in total. The van der Waals surface area contributed by atoms with Gasteiger partial charge < -0.3 is 10.5 Å². The van der Waals surface area contributed by atoms with Crippen LogP contribution < -0.4 is 10.5 Å². The summed E-state index contributed by atoms with van der Waals surface area (Å²) < 4.78 is 5.18. The van der Waals surface area contributed by atoms with Gasteiger partial charge in [-0.05, 0) is 47.4 Å². The molecule has 0 aliphatic heterocycles. The van der Waals surface area contributed by atoms with Crippen LogP contribution in [0.1, 0.15) is 30.9 Å². The highest BCUT2D eigenvalue weighted by Gasteiger charge is 2.01. The van der Waals surface area contributed by atoms with Crippen molar-refractivity contribution in [1.29, 1.82) is 0 Å². The Morgan fingerprint density at radius 1 is 1.05 bits per heavy atom. The normalized spacial score (nSPS) is 11.4. The topological polar surface area (TPSA) is 35.2 Å². The van der Waals surface area contributed by atoms with E-state index in [1.807, 2.05) is 24.3 Å². The zero-order valence-electron chi connectivity index (χ0n) is 12.1. The smallest absolute Gasteiger partial charge is 0.118 e. The largest absolute Gasteiger partial charge is 0.497 e. The van der Waals surface area contributed by atoms with Crippen LogP contribution >= 0.6 is 0 Å². The average Bonchev–Trinajstić information content (AvgIpc) is 2.48. The number of hydrogen-bond donors (Lipinski definition) is 1. The number of anilines is 1. The van der Waals surface area contributed by atoms with Gasteiger partial charge in [0, 0.05) is 5.69 Å². The first-order chi connectivity index (χ1) is 9.72. The molecule has 2 heteroatoms. The molecule has 0 aromatic heterocycles. The SMILES string of the molecule is CCC/C(=C\c1ccc(OC)cc1)c1ccc(N)cc1. The lowest BCUT2D eigenvalue weighted by molar-refractivity contribution is 0.415. The lowest BCUT2D eigenvalue weighted by Crippen LogP contribution is -1.88. The fourth-order valence-electron chi connectivity index (χ4n) is 2.17. The van der Waals surface area contributed by atoms with Crippen LogP contribution in [-0.4, -0.2) is 7.11 Å². The molecule has 0 spiro atoms. The Hall–Kier alpha value is -2.22. The van der Waals surface area contributed by atoms with Gasteiger partial charge in [0.05, 0.1) is 7.11 Å². The Kier molecular flexibility index (Phi) is 4.83. The number of rotatable bonds is 5. The van der Waals surface area contributed by atoms with Crippen LogP contribution in [0.15, 0.2) is 48.5 Å². The lowest BCUT2D eigenvalue weighted by atomic mass is 9.98. The Morgan fingerprint density at radius 3 is 2.25 bits per heavy atom. The predicted molar refractivity (Wildman–Crippen MR) is 86.6 cm³/mol. The summed E-state index contributed by atoms with van der Waals surface area (Å²) in [6.45, 7) is 2.19. The van der Waals surface area contributed by atoms with Gasteiger partial charge in [0.2, 0.25) is 0 Å². The molecule has 2 N–H and O–H groups in total. The summed E-state index contributed by atoms with van der Waals surface area (Å²) in [6.07, 6.45) is 4.40. The molecule has 0 fully saturated rings. The van der Waals surface area contributed by atoms with Gasteiger partial charge in [0.1, 0.15) is 5.75 Å². The molecule has 0 bridgehead atoms. The van der Waals surface area contributed by atoms with Crippen molar-refractivity contribution in [2.75, 3.05) is 12.8 Å². The van der Waals surface area contributed by atoms with E-state index in [9.17, 15) is 0 Å². The van der Waals surface area contributed by atoms with E-state index < -0.39 is 0 Å². The molecule has 0 aliphatic carbocycles. The minimum absolute atomic E-state index is 0.800. The van der Waals surface area contributed by atoms with Gasteiger partial charge in [-0.2, -0.15) is 0 Å². The molecule has 20 heavy (non-hydrogen) atoms. The molecular weight excluding hydrogens is 246 g/mol. The highest BCUT2D eigenvalue weighted by molar-refractivity contribution is 5.81. The van der Waals surface area contributed by atoms with E-state index in [4.69, 9.17) is 10.5 Å². The molecule has 2 rings (SSSR count). The summed E-state index contributed by atoms with van der Waals surface area (Å²) in [6, 6.07) is 16.2. The van der Waals surface area contributed by atoms with Crippen LogP contribution in [0.3, 0.4) is 0 Å². The van der Waals surface area contributed by atoms with Gasteiger partial charge in [-0.1, -0.05) is 43.7 Å². The van der Waals surface area contributed by atoms with Crippen LogP contribution in [-0.2, 0) is 0 Å². The van der Waals surface area contributed by atoms with Crippen molar-refractivity contribution >= 4 is 17.3 Å². The zero-order valence-corrected chi connectivity index (χ0v) is 12.1. The first-order valence-corrected chi connectivity index (χ1v) is 6.93. The summed E-state index contributed by atoms with van der Waals surface area (Å²) in [5.74, 6) is 0.881. The van der Waals surface area contributed by atoms with E-state index in [-0.39, 0.29) is 0 Å².